The fraction of sp³-hybridized carbons (Fsp3) is 0.350. The molecule has 2 N–H and O–H groups in total. The quantitative estimate of drug-likeness (QED) is 0.767. The van der Waals surface area contributed by atoms with Crippen LogP contribution in [0, 0.1) is 13.8 Å². The van der Waals surface area contributed by atoms with Crippen LogP contribution in [0.15, 0.2) is 42.5 Å². The van der Waals surface area contributed by atoms with Crippen molar-refractivity contribution in [2.45, 2.75) is 19.9 Å². The SMILES string of the molecule is COc1ccc([C@H](CNC(=S)Nc2cc(C)ccc2C)N(C)C)cc1. The fourth-order valence-corrected chi connectivity index (χ4v) is 2.84. The first-order valence-corrected chi connectivity index (χ1v) is 8.74. The molecule has 0 saturated heterocycles. The molecule has 0 amide bonds. The largest absolute Gasteiger partial charge is 0.497 e. The van der Waals surface area contributed by atoms with Crippen molar-refractivity contribution in [3.8, 4) is 5.75 Å². The predicted molar refractivity (Wildman–Crippen MR) is 110 cm³/mol. The number of hydrogen-bond acceptors (Lipinski definition) is 3. The number of likely N-dealkylation sites (N-methyl/N-ethyl adjacent to an activating group) is 1. The molecule has 0 aromatic heterocycles. The number of nitrogens with zero attached hydrogens (tertiary/aromatic N) is 1. The maximum absolute atomic E-state index is 5.47. The molecule has 0 aliphatic rings. The lowest BCUT2D eigenvalue weighted by atomic mass is 10.1. The molecule has 0 unspecified atom stereocenters. The lowest BCUT2D eigenvalue weighted by Gasteiger charge is -2.26. The van der Waals surface area contributed by atoms with Crippen molar-refractivity contribution in [3.63, 3.8) is 0 Å². The lowest BCUT2D eigenvalue weighted by Crippen LogP contribution is -2.36. The normalized spacial score (nSPS) is 11.9. The van der Waals surface area contributed by atoms with E-state index < -0.39 is 0 Å². The van der Waals surface area contributed by atoms with Gasteiger partial charge in [0.1, 0.15) is 5.75 Å². The Balaban J connectivity index is 2.00. The molecule has 0 spiro atoms. The van der Waals surface area contributed by atoms with Crippen LogP contribution in [-0.2, 0) is 0 Å². The highest BCUT2D eigenvalue weighted by molar-refractivity contribution is 7.80. The van der Waals surface area contributed by atoms with Crippen LogP contribution in [0.25, 0.3) is 0 Å². The fourth-order valence-electron chi connectivity index (χ4n) is 2.65. The highest BCUT2D eigenvalue weighted by Gasteiger charge is 2.14. The summed E-state index contributed by atoms with van der Waals surface area (Å²) in [4.78, 5) is 2.18. The van der Waals surface area contributed by atoms with E-state index in [9.17, 15) is 0 Å². The van der Waals surface area contributed by atoms with Crippen LogP contribution in [0.5, 0.6) is 5.75 Å². The van der Waals surface area contributed by atoms with Gasteiger partial charge in [-0.3, -0.25) is 0 Å². The molecule has 4 nitrogen and oxygen atoms in total. The molecule has 2 aromatic rings. The predicted octanol–water partition coefficient (Wildman–Crippen LogP) is 3.90. The first-order chi connectivity index (χ1) is 11.9. The molecule has 134 valence electrons. The van der Waals surface area contributed by atoms with Crippen LogP contribution >= 0.6 is 12.2 Å². The molecule has 2 aromatic carbocycles. The van der Waals surface area contributed by atoms with Gasteiger partial charge in [-0.25, -0.2) is 0 Å². The van der Waals surface area contributed by atoms with Crippen molar-refractivity contribution in [2.24, 2.45) is 0 Å². The van der Waals surface area contributed by atoms with Gasteiger partial charge in [-0.1, -0.05) is 24.3 Å². The average molecular weight is 358 g/mol. The Morgan fingerprint density at radius 1 is 1.12 bits per heavy atom. The molecule has 1 atom stereocenters. The summed E-state index contributed by atoms with van der Waals surface area (Å²) in [6.07, 6.45) is 0. The number of thiocarbonyl (C=S) groups is 1. The van der Waals surface area contributed by atoms with Crippen LogP contribution < -0.4 is 15.4 Å². The first kappa shape index (κ1) is 19.2. The monoisotopic (exact) mass is 357 g/mol. The molecule has 0 bridgehead atoms. The zero-order chi connectivity index (χ0) is 18.4. The Morgan fingerprint density at radius 3 is 2.40 bits per heavy atom. The average Bonchev–Trinajstić information content (AvgIpc) is 2.58. The van der Waals surface area contributed by atoms with Gasteiger partial charge in [0.2, 0.25) is 0 Å². The van der Waals surface area contributed by atoms with Crippen LogP contribution in [0.1, 0.15) is 22.7 Å². The molecule has 2 rings (SSSR count). The van der Waals surface area contributed by atoms with E-state index in [0.717, 1.165) is 18.0 Å². The number of ether oxygens (including phenoxy) is 1. The van der Waals surface area contributed by atoms with Crippen molar-refractivity contribution >= 4 is 23.0 Å². The molecule has 0 saturated carbocycles. The van der Waals surface area contributed by atoms with Gasteiger partial charge in [0, 0.05) is 12.2 Å². The third-order valence-corrected chi connectivity index (χ3v) is 4.47. The van der Waals surface area contributed by atoms with Gasteiger partial charge in [-0.15, -0.1) is 0 Å². The van der Waals surface area contributed by atoms with E-state index in [1.54, 1.807) is 7.11 Å². The van der Waals surface area contributed by atoms with Gasteiger partial charge < -0.3 is 20.3 Å². The van der Waals surface area contributed by atoms with Crippen molar-refractivity contribution in [1.29, 1.82) is 0 Å². The Morgan fingerprint density at radius 2 is 1.80 bits per heavy atom. The zero-order valence-electron chi connectivity index (χ0n) is 15.6. The summed E-state index contributed by atoms with van der Waals surface area (Å²) in [5.41, 5.74) is 4.64. The van der Waals surface area contributed by atoms with Crippen LogP contribution in [0.3, 0.4) is 0 Å². The Kier molecular flexibility index (Phi) is 6.79. The Labute approximate surface area is 156 Å². The first-order valence-electron chi connectivity index (χ1n) is 8.33. The summed E-state index contributed by atoms with van der Waals surface area (Å²) < 4.78 is 5.23. The third-order valence-electron chi connectivity index (χ3n) is 4.22. The number of benzene rings is 2. The topological polar surface area (TPSA) is 36.5 Å². The maximum Gasteiger partial charge on any atom is 0.170 e. The molecule has 5 heteroatoms. The van der Waals surface area contributed by atoms with Crippen molar-refractivity contribution in [3.05, 3.63) is 59.2 Å². The summed E-state index contributed by atoms with van der Waals surface area (Å²) in [5.74, 6) is 0.862. The van der Waals surface area contributed by atoms with Crippen LogP contribution in [0.2, 0.25) is 0 Å². The van der Waals surface area contributed by atoms with Gasteiger partial charge in [0.05, 0.1) is 13.2 Å². The van der Waals surface area contributed by atoms with Gasteiger partial charge in [-0.2, -0.15) is 0 Å². The summed E-state index contributed by atoms with van der Waals surface area (Å²) in [7, 11) is 5.81. The van der Waals surface area contributed by atoms with E-state index >= 15 is 0 Å². The standard InChI is InChI=1S/C20H27N3OS/c1-14-6-7-15(2)18(12-14)22-20(25)21-13-19(23(3)4)16-8-10-17(24-5)11-9-16/h6-12,19H,13H2,1-5H3,(H2,21,22,25)/t19-/m0/s1. The second-order valence-electron chi connectivity index (χ2n) is 6.41. The molecule has 0 aliphatic heterocycles. The van der Waals surface area contributed by atoms with Crippen LogP contribution in [-0.4, -0.2) is 37.8 Å². The Bertz CT molecular complexity index is 713. The van der Waals surface area contributed by atoms with Crippen LogP contribution in [0.4, 0.5) is 5.69 Å². The van der Waals surface area contributed by atoms with E-state index in [1.165, 1.54) is 16.7 Å². The number of aryl methyl sites for hydroxylation is 2. The summed E-state index contributed by atoms with van der Waals surface area (Å²) in [5, 5.41) is 7.26. The number of hydrogen-bond donors (Lipinski definition) is 2. The Hall–Kier alpha value is -2.11. The smallest absolute Gasteiger partial charge is 0.170 e. The summed E-state index contributed by atoms with van der Waals surface area (Å²) in [6, 6.07) is 14.7. The number of methoxy groups -OCH3 is 1. The third kappa shape index (κ3) is 5.44. The van der Waals surface area contributed by atoms with Gasteiger partial charge in [-0.05, 0) is 75.1 Å². The van der Waals surface area contributed by atoms with E-state index in [4.69, 9.17) is 17.0 Å². The molecule has 0 aliphatic carbocycles. The second-order valence-corrected chi connectivity index (χ2v) is 6.81. The zero-order valence-corrected chi connectivity index (χ0v) is 16.4. The molecular formula is C20H27N3OS. The highest BCUT2D eigenvalue weighted by Crippen LogP contribution is 2.21. The van der Waals surface area contributed by atoms with Gasteiger partial charge >= 0.3 is 0 Å². The maximum atomic E-state index is 5.47. The number of anilines is 1. The minimum atomic E-state index is 0.212. The van der Waals surface area contributed by atoms with E-state index in [0.29, 0.717) is 5.11 Å². The number of nitrogens with one attached hydrogen (secondary N) is 2. The van der Waals surface area contributed by atoms with Gasteiger partial charge in [0.25, 0.3) is 0 Å². The van der Waals surface area contributed by atoms with Crippen molar-refractivity contribution in [2.75, 3.05) is 33.1 Å². The number of rotatable bonds is 6. The minimum absolute atomic E-state index is 0.212. The molecule has 25 heavy (non-hydrogen) atoms. The van der Waals surface area contributed by atoms with E-state index in [2.05, 4.69) is 73.8 Å². The lowest BCUT2D eigenvalue weighted by molar-refractivity contribution is 0.299. The molecular weight excluding hydrogens is 330 g/mol. The minimum Gasteiger partial charge on any atom is -0.497 e. The van der Waals surface area contributed by atoms with Crippen molar-refractivity contribution in [1.82, 2.24) is 10.2 Å². The van der Waals surface area contributed by atoms with Gasteiger partial charge in [0.15, 0.2) is 5.11 Å². The molecule has 0 radical (unpaired) electrons. The summed E-state index contributed by atoms with van der Waals surface area (Å²) >= 11 is 5.47. The second kappa shape index (κ2) is 8.83. The van der Waals surface area contributed by atoms with E-state index in [1.807, 2.05) is 12.1 Å². The van der Waals surface area contributed by atoms with E-state index in [-0.39, 0.29) is 6.04 Å². The molecule has 0 fully saturated rings. The summed E-state index contributed by atoms with van der Waals surface area (Å²) in [6.45, 7) is 4.87. The highest BCUT2D eigenvalue weighted by atomic mass is 32.1. The molecule has 0 heterocycles. The van der Waals surface area contributed by atoms with Crippen molar-refractivity contribution < 1.29 is 4.74 Å².